The Bertz CT molecular complexity index is 211. The Hall–Kier alpha value is -0.570. The highest BCUT2D eigenvalue weighted by atomic mass is 16.5. The first kappa shape index (κ1) is 15.5. The van der Waals surface area contributed by atoms with Crippen LogP contribution < -0.4 is 5.32 Å². The molecule has 3 nitrogen and oxygen atoms in total. The van der Waals surface area contributed by atoms with Crippen LogP contribution in [0.4, 0.5) is 0 Å². The Labute approximate surface area is 112 Å². The zero-order valence-electron chi connectivity index (χ0n) is 11.9. The number of hydrogen-bond donors (Lipinski definition) is 1. The van der Waals surface area contributed by atoms with E-state index in [-0.39, 0.29) is 5.91 Å². The summed E-state index contributed by atoms with van der Waals surface area (Å²) in [6, 6.07) is 0. The summed E-state index contributed by atoms with van der Waals surface area (Å²) < 4.78 is 5.96. The number of carbonyl (C=O) groups is 1. The van der Waals surface area contributed by atoms with Crippen molar-refractivity contribution in [3.63, 3.8) is 0 Å². The number of ether oxygens (including phenoxy) is 1. The van der Waals surface area contributed by atoms with Crippen LogP contribution in [-0.4, -0.2) is 25.2 Å². The van der Waals surface area contributed by atoms with Gasteiger partial charge >= 0.3 is 0 Å². The monoisotopic (exact) mass is 255 g/mol. The molecule has 1 aliphatic carbocycles. The second-order valence-corrected chi connectivity index (χ2v) is 5.38. The van der Waals surface area contributed by atoms with Crippen molar-refractivity contribution in [1.82, 2.24) is 5.32 Å². The molecule has 0 bridgehead atoms. The van der Waals surface area contributed by atoms with Gasteiger partial charge in [0.25, 0.3) is 0 Å². The van der Waals surface area contributed by atoms with E-state index in [4.69, 9.17) is 4.74 Å². The zero-order chi connectivity index (χ0) is 13.1. The van der Waals surface area contributed by atoms with Crippen molar-refractivity contribution in [3.05, 3.63) is 0 Å². The van der Waals surface area contributed by atoms with Gasteiger partial charge < -0.3 is 10.1 Å². The first-order chi connectivity index (χ1) is 8.79. The van der Waals surface area contributed by atoms with Gasteiger partial charge in [0.2, 0.25) is 5.91 Å². The lowest BCUT2D eigenvalue weighted by molar-refractivity contribution is -0.118. The Kier molecular flexibility index (Phi) is 8.92. The molecule has 0 atom stereocenters. The molecule has 1 N–H and O–H groups in total. The predicted octanol–water partition coefficient (Wildman–Crippen LogP) is 3.42. The molecule has 106 valence electrons. The third-order valence-electron chi connectivity index (χ3n) is 3.60. The molecule has 0 spiro atoms. The van der Waals surface area contributed by atoms with E-state index in [1.165, 1.54) is 44.9 Å². The molecule has 0 unspecified atom stereocenters. The van der Waals surface area contributed by atoms with Gasteiger partial charge in [-0.25, -0.2) is 0 Å². The number of rotatable bonds is 7. The van der Waals surface area contributed by atoms with Crippen LogP contribution in [0.5, 0.6) is 0 Å². The third-order valence-corrected chi connectivity index (χ3v) is 3.60. The summed E-state index contributed by atoms with van der Waals surface area (Å²) in [5.41, 5.74) is 0. The summed E-state index contributed by atoms with van der Waals surface area (Å²) in [6.07, 6.45) is 13.2. The summed E-state index contributed by atoms with van der Waals surface area (Å²) in [4.78, 5) is 10.7. The van der Waals surface area contributed by atoms with Gasteiger partial charge in [-0.1, -0.05) is 32.1 Å². The SMILES string of the molecule is CC(=O)NCCCCCOC1CCCCCCC1. The van der Waals surface area contributed by atoms with Crippen LogP contribution in [0.25, 0.3) is 0 Å². The van der Waals surface area contributed by atoms with Crippen LogP contribution in [0.15, 0.2) is 0 Å². The zero-order valence-corrected chi connectivity index (χ0v) is 11.9. The summed E-state index contributed by atoms with van der Waals surface area (Å²) in [5.74, 6) is 0.0702. The van der Waals surface area contributed by atoms with Gasteiger partial charge in [0.1, 0.15) is 0 Å². The maximum Gasteiger partial charge on any atom is 0.216 e. The van der Waals surface area contributed by atoms with Gasteiger partial charge in [-0.15, -0.1) is 0 Å². The first-order valence-electron chi connectivity index (χ1n) is 7.65. The average Bonchev–Trinajstić information content (AvgIpc) is 2.29. The molecule has 3 heteroatoms. The molecule has 1 fully saturated rings. The molecule has 1 saturated carbocycles. The second kappa shape index (κ2) is 10.4. The van der Waals surface area contributed by atoms with Gasteiger partial charge in [-0.05, 0) is 32.1 Å². The Balaban J connectivity index is 1.91. The fourth-order valence-electron chi connectivity index (χ4n) is 2.50. The summed E-state index contributed by atoms with van der Waals surface area (Å²) in [7, 11) is 0. The fraction of sp³-hybridized carbons (Fsp3) is 0.933. The number of hydrogen-bond acceptors (Lipinski definition) is 2. The van der Waals surface area contributed by atoms with E-state index >= 15 is 0 Å². The van der Waals surface area contributed by atoms with Crippen molar-refractivity contribution in [1.29, 1.82) is 0 Å². The van der Waals surface area contributed by atoms with Crippen molar-refractivity contribution < 1.29 is 9.53 Å². The highest BCUT2D eigenvalue weighted by Gasteiger charge is 2.10. The average molecular weight is 255 g/mol. The molecular formula is C15H29NO2. The van der Waals surface area contributed by atoms with Crippen LogP contribution in [0.3, 0.4) is 0 Å². The normalized spacial score (nSPS) is 18.1. The second-order valence-electron chi connectivity index (χ2n) is 5.38. The van der Waals surface area contributed by atoms with E-state index in [1.807, 2.05) is 0 Å². The summed E-state index contributed by atoms with van der Waals surface area (Å²) in [5, 5.41) is 2.82. The quantitative estimate of drug-likeness (QED) is 0.708. The molecule has 0 aromatic rings. The van der Waals surface area contributed by atoms with E-state index in [0.717, 1.165) is 32.4 Å². The maximum absolute atomic E-state index is 10.7. The minimum atomic E-state index is 0.0702. The van der Waals surface area contributed by atoms with E-state index in [1.54, 1.807) is 6.92 Å². The maximum atomic E-state index is 10.7. The standard InChI is InChI=1S/C15H29NO2/c1-14(17)16-12-8-5-9-13-18-15-10-6-3-2-4-7-11-15/h15H,2-13H2,1H3,(H,16,17). The van der Waals surface area contributed by atoms with Crippen molar-refractivity contribution in [2.75, 3.05) is 13.2 Å². The topological polar surface area (TPSA) is 38.3 Å². The van der Waals surface area contributed by atoms with Gasteiger partial charge in [-0.2, -0.15) is 0 Å². The molecule has 0 saturated heterocycles. The molecule has 0 aromatic heterocycles. The van der Waals surface area contributed by atoms with Crippen LogP contribution >= 0.6 is 0 Å². The van der Waals surface area contributed by atoms with E-state index in [0.29, 0.717) is 6.10 Å². The molecule has 0 aliphatic heterocycles. The van der Waals surface area contributed by atoms with Gasteiger partial charge in [0.05, 0.1) is 6.10 Å². The molecule has 18 heavy (non-hydrogen) atoms. The van der Waals surface area contributed by atoms with Gasteiger partial charge in [-0.3, -0.25) is 4.79 Å². The lowest BCUT2D eigenvalue weighted by Crippen LogP contribution is -2.21. The first-order valence-corrected chi connectivity index (χ1v) is 7.65. The Morgan fingerprint density at radius 3 is 2.39 bits per heavy atom. The highest BCUT2D eigenvalue weighted by Crippen LogP contribution is 2.19. The highest BCUT2D eigenvalue weighted by molar-refractivity contribution is 5.72. The summed E-state index contributed by atoms with van der Waals surface area (Å²) in [6.45, 7) is 3.27. The molecule has 0 heterocycles. The molecule has 0 aromatic carbocycles. The minimum Gasteiger partial charge on any atom is -0.378 e. The van der Waals surface area contributed by atoms with Crippen LogP contribution in [-0.2, 0) is 9.53 Å². The molecule has 1 amide bonds. The Morgan fingerprint density at radius 1 is 1.06 bits per heavy atom. The Morgan fingerprint density at radius 2 is 1.72 bits per heavy atom. The number of nitrogens with one attached hydrogen (secondary N) is 1. The van der Waals surface area contributed by atoms with E-state index in [2.05, 4.69) is 5.32 Å². The fourth-order valence-corrected chi connectivity index (χ4v) is 2.50. The number of amides is 1. The molecule has 1 aliphatic rings. The molecular weight excluding hydrogens is 226 g/mol. The lowest BCUT2D eigenvalue weighted by Gasteiger charge is -2.20. The minimum absolute atomic E-state index is 0.0702. The van der Waals surface area contributed by atoms with Crippen molar-refractivity contribution in [2.45, 2.75) is 77.2 Å². The smallest absolute Gasteiger partial charge is 0.216 e. The van der Waals surface area contributed by atoms with Gasteiger partial charge in [0, 0.05) is 20.1 Å². The van der Waals surface area contributed by atoms with Crippen molar-refractivity contribution in [3.8, 4) is 0 Å². The van der Waals surface area contributed by atoms with Gasteiger partial charge in [0.15, 0.2) is 0 Å². The third kappa shape index (κ3) is 8.51. The number of unbranched alkanes of at least 4 members (excludes halogenated alkanes) is 2. The predicted molar refractivity (Wildman–Crippen MR) is 74.6 cm³/mol. The largest absolute Gasteiger partial charge is 0.378 e. The van der Waals surface area contributed by atoms with Crippen LogP contribution in [0.2, 0.25) is 0 Å². The lowest BCUT2D eigenvalue weighted by atomic mass is 9.98. The molecule has 0 radical (unpaired) electrons. The van der Waals surface area contributed by atoms with Crippen LogP contribution in [0, 0.1) is 0 Å². The van der Waals surface area contributed by atoms with Crippen LogP contribution in [0.1, 0.15) is 71.1 Å². The molecule has 1 rings (SSSR count). The number of carbonyl (C=O) groups excluding carboxylic acids is 1. The summed E-state index contributed by atoms with van der Waals surface area (Å²) >= 11 is 0. The van der Waals surface area contributed by atoms with E-state index in [9.17, 15) is 4.79 Å². The van der Waals surface area contributed by atoms with Crippen molar-refractivity contribution in [2.24, 2.45) is 0 Å². The van der Waals surface area contributed by atoms with E-state index < -0.39 is 0 Å². The van der Waals surface area contributed by atoms with Crippen molar-refractivity contribution >= 4 is 5.91 Å².